The lowest BCUT2D eigenvalue weighted by Gasteiger charge is -2.22. The van der Waals surface area contributed by atoms with Gasteiger partial charge in [-0.1, -0.05) is 6.07 Å². The van der Waals surface area contributed by atoms with Crippen LogP contribution in [0.4, 0.5) is 5.82 Å². The maximum atomic E-state index is 11.7. The summed E-state index contributed by atoms with van der Waals surface area (Å²) in [6.45, 7) is 0. The van der Waals surface area contributed by atoms with Crippen LogP contribution in [-0.2, 0) is 9.53 Å². The monoisotopic (exact) mass is 287 g/mol. The maximum absolute atomic E-state index is 11.7. The van der Waals surface area contributed by atoms with Crippen LogP contribution in [0.1, 0.15) is 33.8 Å². The van der Waals surface area contributed by atoms with Crippen LogP contribution in [0.2, 0.25) is 0 Å². The topological polar surface area (TPSA) is 104 Å². The molecular formula is C14H13N3O4. The number of anilines is 1. The minimum absolute atomic E-state index is 0.0750. The van der Waals surface area contributed by atoms with Crippen LogP contribution in [0.5, 0.6) is 5.75 Å². The molecule has 7 heteroatoms. The van der Waals surface area contributed by atoms with Crippen LogP contribution >= 0.6 is 0 Å². The van der Waals surface area contributed by atoms with Gasteiger partial charge in [-0.2, -0.15) is 5.10 Å². The SMILES string of the molecule is COC(=O)c1cc([C@@H]2CC(=O)Nc3[nH]ncc32)ccc1O. The predicted octanol–water partition coefficient (Wildman–Crippen LogP) is 1.38. The van der Waals surface area contributed by atoms with Crippen LogP contribution in [0.3, 0.4) is 0 Å². The number of hydrogen-bond donors (Lipinski definition) is 3. The number of phenols is 1. The van der Waals surface area contributed by atoms with Gasteiger partial charge < -0.3 is 15.2 Å². The van der Waals surface area contributed by atoms with Crippen molar-refractivity contribution < 1.29 is 19.4 Å². The van der Waals surface area contributed by atoms with Crippen LogP contribution in [0.25, 0.3) is 0 Å². The van der Waals surface area contributed by atoms with E-state index in [0.717, 1.165) is 11.1 Å². The number of fused-ring (bicyclic) bond motifs is 1. The van der Waals surface area contributed by atoms with E-state index in [1.807, 2.05) is 0 Å². The van der Waals surface area contributed by atoms with Crippen LogP contribution in [0, 0.1) is 0 Å². The second kappa shape index (κ2) is 4.93. The van der Waals surface area contributed by atoms with Crippen molar-refractivity contribution in [2.45, 2.75) is 12.3 Å². The molecule has 0 aliphatic carbocycles. The molecule has 2 heterocycles. The summed E-state index contributed by atoms with van der Waals surface area (Å²) in [6.07, 6.45) is 1.89. The summed E-state index contributed by atoms with van der Waals surface area (Å²) in [5.41, 5.74) is 1.66. The van der Waals surface area contributed by atoms with E-state index in [9.17, 15) is 14.7 Å². The molecule has 1 aliphatic rings. The van der Waals surface area contributed by atoms with Gasteiger partial charge in [0.1, 0.15) is 17.1 Å². The van der Waals surface area contributed by atoms with Crippen molar-refractivity contribution >= 4 is 17.7 Å². The Hall–Kier alpha value is -2.83. The molecule has 1 aromatic heterocycles. The molecule has 1 aromatic carbocycles. The molecular weight excluding hydrogens is 274 g/mol. The Morgan fingerprint density at radius 3 is 3.05 bits per heavy atom. The first kappa shape index (κ1) is 13.2. The second-order valence-corrected chi connectivity index (χ2v) is 4.77. The third-order valence-corrected chi connectivity index (χ3v) is 3.53. The number of aromatic hydroxyl groups is 1. The zero-order valence-electron chi connectivity index (χ0n) is 11.2. The number of esters is 1. The van der Waals surface area contributed by atoms with E-state index in [4.69, 9.17) is 0 Å². The fraction of sp³-hybridized carbons (Fsp3) is 0.214. The number of ether oxygens (including phenoxy) is 1. The number of nitrogens with one attached hydrogen (secondary N) is 2. The summed E-state index contributed by atoms with van der Waals surface area (Å²) in [4.78, 5) is 23.4. The van der Waals surface area contributed by atoms with Crippen molar-refractivity contribution in [3.05, 3.63) is 41.1 Å². The third kappa shape index (κ3) is 2.22. The standard InChI is InChI=1S/C14H13N3O4/c1-21-14(20)9-4-7(2-3-11(9)18)8-5-12(19)16-13-10(8)6-15-17-13/h2-4,6,8,18H,5H2,1H3,(H2,15,16,17,19)/t8-/m0/s1. The molecule has 0 bridgehead atoms. The Morgan fingerprint density at radius 1 is 1.48 bits per heavy atom. The highest BCUT2D eigenvalue weighted by atomic mass is 16.5. The van der Waals surface area contributed by atoms with Crippen molar-refractivity contribution in [2.75, 3.05) is 12.4 Å². The fourth-order valence-corrected chi connectivity index (χ4v) is 2.49. The minimum atomic E-state index is -0.623. The van der Waals surface area contributed by atoms with Crippen molar-refractivity contribution in [1.29, 1.82) is 0 Å². The Kier molecular flexibility index (Phi) is 3.09. The van der Waals surface area contributed by atoms with Gasteiger partial charge in [-0.3, -0.25) is 9.89 Å². The number of amides is 1. The molecule has 1 amide bonds. The molecule has 0 radical (unpaired) electrons. The van der Waals surface area contributed by atoms with Gasteiger partial charge in [0.05, 0.1) is 13.3 Å². The van der Waals surface area contributed by atoms with Crippen LogP contribution in [0.15, 0.2) is 24.4 Å². The van der Waals surface area contributed by atoms with Gasteiger partial charge in [0.25, 0.3) is 0 Å². The fourth-order valence-electron chi connectivity index (χ4n) is 2.49. The number of H-pyrrole nitrogens is 1. The maximum Gasteiger partial charge on any atom is 0.341 e. The molecule has 3 N–H and O–H groups in total. The number of aromatic amines is 1. The first-order valence-electron chi connectivity index (χ1n) is 6.34. The zero-order chi connectivity index (χ0) is 15.0. The number of benzene rings is 1. The number of nitrogens with zero attached hydrogens (tertiary/aromatic N) is 1. The first-order valence-corrected chi connectivity index (χ1v) is 6.34. The van der Waals surface area contributed by atoms with E-state index in [1.54, 1.807) is 18.3 Å². The minimum Gasteiger partial charge on any atom is -0.507 e. The molecule has 0 spiro atoms. The normalized spacial score (nSPS) is 17.0. The number of hydrogen-bond acceptors (Lipinski definition) is 5. The molecule has 1 aliphatic heterocycles. The zero-order valence-corrected chi connectivity index (χ0v) is 11.2. The lowest BCUT2D eigenvalue weighted by Crippen LogP contribution is -2.23. The lowest BCUT2D eigenvalue weighted by atomic mass is 9.86. The van der Waals surface area contributed by atoms with E-state index >= 15 is 0 Å². The van der Waals surface area contributed by atoms with Gasteiger partial charge in [-0.15, -0.1) is 0 Å². The van der Waals surface area contributed by atoms with Gasteiger partial charge in [0, 0.05) is 17.9 Å². The predicted molar refractivity (Wildman–Crippen MR) is 73.1 cm³/mol. The number of aromatic nitrogens is 2. The number of carbonyl (C=O) groups is 2. The molecule has 1 atom stereocenters. The quantitative estimate of drug-likeness (QED) is 0.724. The molecule has 3 rings (SSSR count). The summed E-state index contributed by atoms with van der Waals surface area (Å²) < 4.78 is 4.64. The van der Waals surface area contributed by atoms with Crippen molar-refractivity contribution in [2.24, 2.45) is 0 Å². The third-order valence-electron chi connectivity index (χ3n) is 3.53. The van der Waals surface area contributed by atoms with Gasteiger partial charge in [0.2, 0.25) is 5.91 Å². The molecule has 108 valence electrons. The largest absolute Gasteiger partial charge is 0.507 e. The number of phenolic OH excluding ortho intramolecular Hbond substituents is 1. The molecule has 21 heavy (non-hydrogen) atoms. The van der Waals surface area contributed by atoms with Crippen molar-refractivity contribution in [3.63, 3.8) is 0 Å². The average Bonchev–Trinajstić information content (AvgIpc) is 2.94. The Bertz CT molecular complexity index is 723. The Labute approximate surface area is 119 Å². The van der Waals surface area contributed by atoms with Gasteiger partial charge >= 0.3 is 5.97 Å². The molecule has 0 saturated carbocycles. The summed E-state index contributed by atoms with van der Waals surface area (Å²) in [5, 5.41) is 19.1. The van der Waals surface area contributed by atoms with Gasteiger partial charge in [0.15, 0.2) is 0 Å². The number of rotatable bonds is 2. The highest BCUT2D eigenvalue weighted by Gasteiger charge is 2.29. The van der Waals surface area contributed by atoms with E-state index in [2.05, 4.69) is 20.3 Å². The second-order valence-electron chi connectivity index (χ2n) is 4.77. The summed E-state index contributed by atoms with van der Waals surface area (Å²) in [6, 6.07) is 4.65. The van der Waals surface area contributed by atoms with E-state index in [1.165, 1.54) is 13.2 Å². The highest BCUT2D eigenvalue weighted by molar-refractivity contribution is 5.95. The summed E-state index contributed by atoms with van der Waals surface area (Å²) in [7, 11) is 1.25. The summed E-state index contributed by atoms with van der Waals surface area (Å²) >= 11 is 0. The Balaban J connectivity index is 2.06. The molecule has 0 unspecified atom stereocenters. The van der Waals surface area contributed by atoms with Gasteiger partial charge in [-0.05, 0) is 17.7 Å². The highest BCUT2D eigenvalue weighted by Crippen LogP contribution is 2.37. The Morgan fingerprint density at radius 2 is 2.29 bits per heavy atom. The first-order chi connectivity index (χ1) is 10.1. The number of methoxy groups -OCH3 is 1. The number of carbonyl (C=O) groups excluding carboxylic acids is 2. The van der Waals surface area contributed by atoms with Crippen molar-refractivity contribution in [3.8, 4) is 5.75 Å². The van der Waals surface area contributed by atoms with Crippen molar-refractivity contribution in [1.82, 2.24) is 10.2 Å². The van der Waals surface area contributed by atoms with Crippen LogP contribution < -0.4 is 5.32 Å². The van der Waals surface area contributed by atoms with Gasteiger partial charge in [-0.25, -0.2) is 4.79 Å². The van der Waals surface area contributed by atoms with E-state index in [0.29, 0.717) is 5.82 Å². The lowest BCUT2D eigenvalue weighted by molar-refractivity contribution is -0.116. The molecule has 2 aromatic rings. The van der Waals surface area contributed by atoms with Crippen LogP contribution in [-0.4, -0.2) is 34.3 Å². The summed E-state index contributed by atoms with van der Waals surface area (Å²) in [5.74, 6) is -0.579. The van der Waals surface area contributed by atoms with E-state index < -0.39 is 5.97 Å². The average molecular weight is 287 g/mol. The smallest absolute Gasteiger partial charge is 0.341 e. The van der Waals surface area contributed by atoms with E-state index in [-0.39, 0.29) is 29.6 Å². The molecule has 7 nitrogen and oxygen atoms in total. The molecule has 0 saturated heterocycles. The molecule has 0 fully saturated rings.